The minimum absolute atomic E-state index is 0.479. The highest BCUT2D eigenvalue weighted by atomic mass is 16.5. The number of anilines is 1. The molecule has 0 atom stereocenters. The van der Waals surface area contributed by atoms with Crippen LogP contribution >= 0.6 is 0 Å². The van der Waals surface area contributed by atoms with Crippen LogP contribution in [0.2, 0.25) is 0 Å². The lowest BCUT2D eigenvalue weighted by molar-refractivity contribution is 0.210. The van der Waals surface area contributed by atoms with Gasteiger partial charge in [-0.05, 0) is 17.7 Å². The Labute approximate surface area is 134 Å². The van der Waals surface area contributed by atoms with Gasteiger partial charge in [0.15, 0.2) is 5.82 Å². The number of nitrogens with zero attached hydrogens (tertiary/aromatic N) is 3. The van der Waals surface area contributed by atoms with Gasteiger partial charge in [-0.3, -0.25) is 0 Å². The first-order valence-corrected chi connectivity index (χ1v) is 7.41. The molecule has 6 heteroatoms. The van der Waals surface area contributed by atoms with Crippen molar-refractivity contribution in [1.29, 1.82) is 0 Å². The lowest BCUT2D eigenvalue weighted by Crippen LogP contribution is -2.08. The summed E-state index contributed by atoms with van der Waals surface area (Å²) in [5.74, 6) is 1.93. The Kier molecular flexibility index (Phi) is 4.95. The van der Waals surface area contributed by atoms with Gasteiger partial charge in [-0.25, -0.2) is 4.98 Å². The van der Waals surface area contributed by atoms with Gasteiger partial charge in [0.1, 0.15) is 5.82 Å². The Hall–Kier alpha value is -2.73. The molecule has 1 aromatic carbocycles. The lowest BCUT2D eigenvalue weighted by Gasteiger charge is -2.04. The van der Waals surface area contributed by atoms with E-state index in [1.54, 1.807) is 13.3 Å². The molecule has 118 valence electrons. The van der Waals surface area contributed by atoms with Crippen LogP contribution in [0.1, 0.15) is 11.4 Å². The maximum absolute atomic E-state index is 5.32. The lowest BCUT2D eigenvalue weighted by atomic mass is 10.1. The quantitative estimate of drug-likeness (QED) is 0.676. The summed E-state index contributed by atoms with van der Waals surface area (Å²) < 4.78 is 10.3. The number of hydrogen-bond acceptors (Lipinski definition) is 6. The molecule has 0 fully saturated rings. The minimum atomic E-state index is 0.479. The maximum Gasteiger partial charge on any atom is 0.259 e. The van der Waals surface area contributed by atoms with E-state index in [1.165, 1.54) is 0 Å². The molecule has 0 saturated carbocycles. The second-order valence-electron chi connectivity index (χ2n) is 5.03. The average Bonchev–Trinajstić information content (AvgIpc) is 3.05. The van der Waals surface area contributed by atoms with E-state index in [2.05, 4.69) is 20.4 Å². The van der Waals surface area contributed by atoms with Crippen molar-refractivity contribution in [1.82, 2.24) is 15.1 Å². The average molecular weight is 310 g/mol. The number of hydrogen-bond donors (Lipinski definition) is 1. The van der Waals surface area contributed by atoms with Crippen molar-refractivity contribution in [2.75, 3.05) is 25.6 Å². The van der Waals surface area contributed by atoms with Crippen molar-refractivity contribution >= 4 is 5.82 Å². The van der Waals surface area contributed by atoms with Gasteiger partial charge in [0.25, 0.3) is 5.89 Å². The van der Waals surface area contributed by atoms with E-state index in [0.717, 1.165) is 16.9 Å². The zero-order chi connectivity index (χ0) is 15.9. The highest BCUT2D eigenvalue weighted by molar-refractivity contribution is 5.54. The Morgan fingerprint density at radius 2 is 2.00 bits per heavy atom. The first-order chi connectivity index (χ1) is 11.3. The third-order valence-electron chi connectivity index (χ3n) is 3.30. The van der Waals surface area contributed by atoms with Crippen molar-refractivity contribution in [3.8, 4) is 11.5 Å². The molecule has 0 bridgehead atoms. The van der Waals surface area contributed by atoms with Crippen molar-refractivity contribution < 1.29 is 9.26 Å². The second kappa shape index (κ2) is 7.51. The molecule has 0 radical (unpaired) electrons. The molecule has 2 aromatic heterocycles. The summed E-state index contributed by atoms with van der Waals surface area (Å²) in [6.07, 6.45) is 2.36. The first kappa shape index (κ1) is 15.2. The predicted octanol–water partition coefficient (Wildman–Crippen LogP) is 2.78. The largest absolute Gasteiger partial charge is 0.383 e. The van der Waals surface area contributed by atoms with Crippen molar-refractivity contribution in [3.63, 3.8) is 0 Å². The van der Waals surface area contributed by atoms with Gasteiger partial charge in [0.05, 0.1) is 12.2 Å². The monoisotopic (exact) mass is 310 g/mol. The topological polar surface area (TPSA) is 73.1 Å². The highest BCUT2D eigenvalue weighted by Crippen LogP contribution is 2.18. The molecule has 0 unspecified atom stereocenters. The molecule has 6 nitrogen and oxygen atoms in total. The number of rotatable bonds is 7. The highest BCUT2D eigenvalue weighted by Gasteiger charge is 2.09. The van der Waals surface area contributed by atoms with Crippen molar-refractivity contribution in [2.45, 2.75) is 6.42 Å². The van der Waals surface area contributed by atoms with Gasteiger partial charge in [-0.15, -0.1) is 0 Å². The Morgan fingerprint density at radius 3 is 2.74 bits per heavy atom. The molecule has 0 saturated heterocycles. The Morgan fingerprint density at radius 1 is 1.13 bits per heavy atom. The molecule has 0 aliphatic heterocycles. The number of benzene rings is 1. The van der Waals surface area contributed by atoms with Crippen LogP contribution in [0.25, 0.3) is 11.5 Å². The first-order valence-electron chi connectivity index (χ1n) is 7.41. The summed E-state index contributed by atoms with van der Waals surface area (Å²) in [6, 6.07) is 13.8. The molecule has 3 aromatic rings. The molecule has 3 rings (SSSR count). The fourth-order valence-electron chi connectivity index (χ4n) is 2.13. The molecule has 1 N–H and O–H groups in total. The molecule has 0 amide bonds. The van der Waals surface area contributed by atoms with Crippen molar-refractivity contribution in [2.24, 2.45) is 0 Å². The third kappa shape index (κ3) is 4.14. The summed E-state index contributed by atoms with van der Waals surface area (Å²) >= 11 is 0. The van der Waals surface area contributed by atoms with Gasteiger partial charge in [-0.2, -0.15) is 4.98 Å². The normalized spacial score (nSPS) is 10.7. The van der Waals surface area contributed by atoms with E-state index in [1.807, 2.05) is 42.5 Å². The number of pyridine rings is 1. The van der Waals surface area contributed by atoms with Gasteiger partial charge >= 0.3 is 0 Å². The number of nitrogens with one attached hydrogen (secondary N) is 1. The van der Waals surface area contributed by atoms with Crippen LogP contribution in [-0.4, -0.2) is 35.4 Å². The van der Waals surface area contributed by atoms with Crippen molar-refractivity contribution in [3.05, 3.63) is 60.0 Å². The Balaban J connectivity index is 1.65. The fourth-order valence-corrected chi connectivity index (χ4v) is 2.13. The van der Waals surface area contributed by atoms with E-state index < -0.39 is 0 Å². The molecular formula is C17H18N4O2. The van der Waals surface area contributed by atoms with E-state index in [-0.39, 0.29) is 0 Å². The zero-order valence-corrected chi connectivity index (χ0v) is 12.9. The van der Waals surface area contributed by atoms with Crippen LogP contribution in [0.15, 0.2) is 53.2 Å². The zero-order valence-electron chi connectivity index (χ0n) is 12.9. The van der Waals surface area contributed by atoms with E-state index in [9.17, 15) is 0 Å². The van der Waals surface area contributed by atoms with E-state index in [4.69, 9.17) is 9.26 Å². The minimum Gasteiger partial charge on any atom is -0.383 e. The molecule has 23 heavy (non-hydrogen) atoms. The summed E-state index contributed by atoms with van der Waals surface area (Å²) in [6.45, 7) is 1.35. The SMILES string of the molecule is COCCNc1ccc(-c2nc(Cc3ccccc3)no2)cn1. The third-order valence-corrected chi connectivity index (χ3v) is 3.30. The number of aromatic nitrogens is 3. The van der Waals surface area contributed by atoms with E-state index in [0.29, 0.717) is 31.3 Å². The van der Waals surface area contributed by atoms with Crippen LogP contribution in [0.4, 0.5) is 5.82 Å². The van der Waals surface area contributed by atoms with Crippen LogP contribution in [0, 0.1) is 0 Å². The number of methoxy groups -OCH3 is 1. The van der Waals surface area contributed by atoms with Crippen LogP contribution < -0.4 is 5.32 Å². The predicted molar refractivity (Wildman–Crippen MR) is 87.1 cm³/mol. The Bertz CT molecular complexity index is 726. The fraction of sp³-hybridized carbons (Fsp3) is 0.235. The smallest absolute Gasteiger partial charge is 0.259 e. The summed E-state index contributed by atoms with van der Waals surface area (Å²) in [5, 5.41) is 7.18. The molecule has 0 aliphatic carbocycles. The van der Waals surface area contributed by atoms with Gasteiger partial charge in [0, 0.05) is 26.3 Å². The molecule has 2 heterocycles. The van der Waals surface area contributed by atoms with E-state index >= 15 is 0 Å². The standard InChI is InChI=1S/C17H18N4O2/c1-22-10-9-18-15-8-7-14(12-19-15)17-20-16(21-23-17)11-13-5-3-2-4-6-13/h2-8,12H,9-11H2,1H3,(H,18,19). The summed E-state index contributed by atoms with van der Waals surface area (Å²) in [7, 11) is 1.67. The van der Waals surface area contributed by atoms with Gasteiger partial charge in [0.2, 0.25) is 0 Å². The molecule has 0 spiro atoms. The van der Waals surface area contributed by atoms with Crippen LogP contribution in [0.3, 0.4) is 0 Å². The van der Waals surface area contributed by atoms with Gasteiger partial charge < -0.3 is 14.6 Å². The number of ether oxygens (including phenoxy) is 1. The second-order valence-corrected chi connectivity index (χ2v) is 5.03. The van der Waals surface area contributed by atoms with Crippen LogP contribution in [-0.2, 0) is 11.2 Å². The summed E-state index contributed by atoms with van der Waals surface area (Å²) in [4.78, 5) is 8.75. The molecular weight excluding hydrogens is 292 g/mol. The summed E-state index contributed by atoms with van der Waals surface area (Å²) in [5.41, 5.74) is 1.95. The molecule has 0 aliphatic rings. The van der Waals surface area contributed by atoms with Crippen LogP contribution in [0.5, 0.6) is 0 Å². The van der Waals surface area contributed by atoms with Gasteiger partial charge in [-0.1, -0.05) is 35.5 Å². The maximum atomic E-state index is 5.32.